The number of Topliss-reactive ketones (excluding diaryl/α,β-unsaturated/α-hetero) is 1. The first-order valence-electron chi connectivity index (χ1n) is 8.23. The van der Waals surface area contributed by atoms with Crippen LogP contribution < -0.4 is 17.7 Å². The zero-order valence-electron chi connectivity index (χ0n) is 13.5. The highest BCUT2D eigenvalue weighted by molar-refractivity contribution is 6.00. The number of quaternary nitrogens is 1. The van der Waals surface area contributed by atoms with E-state index in [1.807, 2.05) is 18.2 Å². The number of fused-ring (bicyclic) bond motifs is 1. The summed E-state index contributed by atoms with van der Waals surface area (Å²) < 4.78 is 0. The van der Waals surface area contributed by atoms with E-state index < -0.39 is 0 Å². The highest BCUT2D eigenvalue weighted by Crippen LogP contribution is 2.24. The molecule has 23 heavy (non-hydrogen) atoms. The number of ketones is 1. The van der Waals surface area contributed by atoms with Crippen molar-refractivity contribution in [1.82, 2.24) is 0 Å². The molecule has 3 heteroatoms. The number of aryl methyl sites for hydroxylation is 1. The molecule has 0 bridgehead atoms. The standard InChI is InChI=1S/C20H23NO.ClH/c1-15(13-16-7-3-2-4-8-16)21-14-18-12-11-17-9-5-6-10-19(17)20(18)22;/h2-10,15,18,21H,11-14H2,1H3;1H. The lowest BCUT2D eigenvalue weighted by Crippen LogP contribution is -3.00. The van der Waals surface area contributed by atoms with Crippen molar-refractivity contribution in [2.75, 3.05) is 6.54 Å². The van der Waals surface area contributed by atoms with E-state index in [1.165, 1.54) is 11.1 Å². The molecule has 2 atom stereocenters. The van der Waals surface area contributed by atoms with Crippen molar-refractivity contribution in [3.05, 3.63) is 71.3 Å². The van der Waals surface area contributed by atoms with E-state index in [9.17, 15) is 4.79 Å². The minimum atomic E-state index is 0. The molecule has 2 unspecified atom stereocenters. The fraction of sp³-hybridized carbons (Fsp3) is 0.350. The average molecular weight is 330 g/mol. The predicted octanol–water partition coefficient (Wildman–Crippen LogP) is -0.370. The number of rotatable bonds is 5. The number of carbonyl (C=O) groups excluding carboxylic acids is 1. The van der Waals surface area contributed by atoms with Crippen molar-refractivity contribution < 1.29 is 22.5 Å². The molecule has 2 aromatic carbocycles. The van der Waals surface area contributed by atoms with Crippen molar-refractivity contribution >= 4 is 5.78 Å². The largest absolute Gasteiger partial charge is 1.00 e. The van der Waals surface area contributed by atoms with Crippen molar-refractivity contribution in [1.29, 1.82) is 0 Å². The monoisotopic (exact) mass is 329 g/mol. The van der Waals surface area contributed by atoms with Gasteiger partial charge in [0.05, 0.1) is 18.5 Å². The second kappa shape index (κ2) is 8.28. The Morgan fingerprint density at radius 2 is 1.78 bits per heavy atom. The van der Waals surface area contributed by atoms with Crippen molar-refractivity contribution in [2.24, 2.45) is 5.92 Å². The average Bonchev–Trinajstić information content (AvgIpc) is 2.55. The van der Waals surface area contributed by atoms with E-state index in [1.54, 1.807) is 0 Å². The van der Waals surface area contributed by atoms with Gasteiger partial charge >= 0.3 is 0 Å². The molecule has 122 valence electrons. The minimum absolute atomic E-state index is 0. The molecule has 0 heterocycles. The van der Waals surface area contributed by atoms with Crippen LogP contribution >= 0.6 is 0 Å². The van der Waals surface area contributed by atoms with Gasteiger partial charge in [-0.05, 0) is 30.9 Å². The maximum Gasteiger partial charge on any atom is 0.171 e. The summed E-state index contributed by atoms with van der Waals surface area (Å²) in [6.45, 7) is 3.15. The number of hydrogen-bond donors (Lipinski definition) is 1. The molecule has 0 saturated heterocycles. The zero-order chi connectivity index (χ0) is 15.4. The van der Waals surface area contributed by atoms with Gasteiger partial charge < -0.3 is 17.7 Å². The van der Waals surface area contributed by atoms with Gasteiger partial charge in [-0.1, -0.05) is 54.6 Å². The molecule has 1 aliphatic carbocycles. The summed E-state index contributed by atoms with van der Waals surface area (Å²) in [6.07, 6.45) is 3.08. The molecule has 2 nitrogen and oxygen atoms in total. The van der Waals surface area contributed by atoms with Crippen LogP contribution in [0.25, 0.3) is 0 Å². The van der Waals surface area contributed by atoms with E-state index in [0.29, 0.717) is 11.8 Å². The molecule has 0 spiro atoms. The molecule has 0 aliphatic heterocycles. The fourth-order valence-corrected chi connectivity index (χ4v) is 3.35. The molecule has 0 radical (unpaired) electrons. The van der Waals surface area contributed by atoms with Crippen molar-refractivity contribution in [3.63, 3.8) is 0 Å². The van der Waals surface area contributed by atoms with Crippen molar-refractivity contribution in [3.8, 4) is 0 Å². The van der Waals surface area contributed by atoms with Gasteiger partial charge in [0, 0.05) is 12.0 Å². The van der Waals surface area contributed by atoms with Crippen LogP contribution in [0.5, 0.6) is 0 Å². The predicted molar refractivity (Wildman–Crippen MR) is 89.0 cm³/mol. The Morgan fingerprint density at radius 1 is 1.09 bits per heavy atom. The molecule has 3 rings (SSSR count). The molecule has 0 aromatic heterocycles. The fourth-order valence-electron chi connectivity index (χ4n) is 3.35. The lowest BCUT2D eigenvalue weighted by Gasteiger charge is -2.23. The lowest BCUT2D eigenvalue weighted by atomic mass is 9.82. The van der Waals surface area contributed by atoms with E-state index in [4.69, 9.17) is 0 Å². The molecule has 1 aliphatic rings. The van der Waals surface area contributed by atoms with Gasteiger partial charge in [-0.2, -0.15) is 0 Å². The Bertz CT molecular complexity index is 641. The van der Waals surface area contributed by atoms with Gasteiger partial charge in [-0.25, -0.2) is 0 Å². The van der Waals surface area contributed by atoms with Crippen LogP contribution in [0.2, 0.25) is 0 Å². The van der Waals surface area contributed by atoms with Gasteiger partial charge in [-0.3, -0.25) is 4.79 Å². The Kier molecular flexibility index (Phi) is 6.37. The SMILES string of the molecule is CC(Cc1ccccc1)[NH2+]CC1CCc2ccccc2C1=O.[Cl-]. The van der Waals surface area contributed by atoms with Crippen LogP contribution in [0.15, 0.2) is 54.6 Å². The quantitative estimate of drug-likeness (QED) is 0.798. The number of carbonyl (C=O) groups is 1. The lowest BCUT2D eigenvalue weighted by molar-refractivity contribution is -0.689. The van der Waals surface area contributed by atoms with Gasteiger partial charge in [-0.15, -0.1) is 0 Å². The molecular weight excluding hydrogens is 306 g/mol. The van der Waals surface area contributed by atoms with Crippen LogP contribution in [0.4, 0.5) is 0 Å². The van der Waals surface area contributed by atoms with E-state index in [2.05, 4.69) is 48.6 Å². The van der Waals surface area contributed by atoms with Crippen LogP contribution in [-0.4, -0.2) is 18.4 Å². The first-order chi connectivity index (χ1) is 10.7. The third-order valence-electron chi connectivity index (χ3n) is 4.64. The highest BCUT2D eigenvalue weighted by Gasteiger charge is 2.28. The van der Waals surface area contributed by atoms with Crippen LogP contribution in [0, 0.1) is 5.92 Å². The van der Waals surface area contributed by atoms with E-state index >= 15 is 0 Å². The van der Waals surface area contributed by atoms with Gasteiger partial charge in [0.25, 0.3) is 0 Å². The Balaban J connectivity index is 0.00000192. The Labute approximate surface area is 144 Å². The summed E-state index contributed by atoms with van der Waals surface area (Å²) in [4.78, 5) is 12.6. The smallest absolute Gasteiger partial charge is 0.171 e. The summed E-state index contributed by atoms with van der Waals surface area (Å²) in [7, 11) is 0. The second-order valence-corrected chi connectivity index (χ2v) is 6.40. The Hall–Kier alpha value is -1.64. The first kappa shape index (κ1) is 17.7. The summed E-state index contributed by atoms with van der Waals surface area (Å²) in [5, 5.41) is 2.34. The second-order valence-electron chi connectivity index (χ2n) is 6.40. The summed E-state index contributed by atoms with van der Waals surface area (Å²) >= 11 is 0. The first-order valence-corrected chi connectivity index (χ1v) is 8.23. The van der Waals surface area contributed by atoms with Gasteiger partial charge in [0.1, 0.15) is 0 Å². The van der Waals surface area contributed by atoms with E-state index in [-0.39, 0.29) is 18.3 Å². The number of halogens is 1. The molecule has 0 fully saturated rings. The number of hydrogen-bond acceptors (Lipinski definition) is 1. The minimum Gasteiger partial charge on any atom is -1.00 e. The third kappa shape index (κ3) is 4.43. The highest BCUT2D eigenvalue weighted by atomic mass is 35.5. The Morgan fingerprint density at radius 3 is 2.57 bits per heavy atom. The maximum atomic E-state index is 12.6. The molecular formula is C20H24ClNO. The van der Waals surface area contributed by atoms with Crippen LogP contribution in [0.3, 0.4) is 0 Å². The molecule has 0 saturated carbocycles. The van der Waals surface area contributed by atoms with Crippen molar-refractivity contribution in [2.45, 2.75) is 32.2 Å². The zero-order valence-corrected chi connectivity index (χ0v) is 14.3. The molecule has 2 aromatic rings. The summed E-state index contributed by atoms with van der Waals surface area (Å²) in [6, 6.07) is 19.2. The topological polar surface area (TPSA) is 33.7 Å². The van der Waals surface area contributed by atoms with Gasteiger partial charge in [0.15, 0.2) is 5.78 Å². The molecule has 2 N–H and O–H groups in total. The van der Waals surface area contributed by atoms with E-state index in [0.717, 1.165) is 31.4 Å². The van der Waals surface area contributed by atoms with Gasteiger partial charge in [0.2, 0.25) is 0 Å². The summed E-state index contributed by atoms with van der Waals surface area (Å²) in [5.74, 6) is 0.512. The van der Waals surface area contributed by atoms with Crippen LogP contribution in [0.1, 0.15) is 34.8 Å². The summed E-state index contributed by atoms with van der Waals surface area (Å²) in [5.41, 5.74) is 3.54. The number of benzene rings is 2. The number of nitrogens with two attached hydrogens (primary N) is 1. The van der Waals surface area contributed by atoms with Crippen LogP contribution in [-0.2, 0) is 12.8 Å². The molecule has 0 amide bonds. The maximum absolute atomic E-state index is 12.6. The normalized spacial score (nSPS) is 18.0. The third-order valence-corrected chi connectivity index (χ3v) is 4.64.